The molecule has 2 aromatic carbocycles. The molecule has 3 aromatic rings. The summed E-state index contributed by atoms with van der Waals surface area (Å²) >= 11 is 3.43. The number of rotatable bonds is 2. The molecule has 1 heterocycles. The summed E-state index contributed by atoms with van der Waals surface area (Å²) in [5.74, 6) is -0.154. The maximum atomic E-state index is 12.2. The predicted molar refractivity (Wildman–Crippen MR) is 86.4 cm³/mol. The molecule has 4 nitrogen and oxygen atoms in total. The van der Waals surface area contributed by atoms with Crippen LogP contribution in [-0.4, -0.2) is 15.9 Å². The number of nitrogens with zero attached hydrogens (tertiary/aromatic N) is 2. The Morgan fingerprint density at radius 2 is 1.81 bits per heavy atom. The van der Waals surface area contributed by atoms with E-state index in [1.54, 1.807) is 18.5 Å². The van der Waals surface area contributed by atoms with Crippen LogP contribution in [0.25, 0.3) is 11.0 Å². The second kappa shape index (κ2) is 5.61. The van der Waals surface area contributed by atoms with Gasteiger partial charge in [0.25, 0.3) is 5.91 Å². The first kappa shape index (κ1) is 13.7. The van der Waals surface area contributed by atoms with Crippen LogP contribution in [0.15, 0.2) is 53.3 Å². The van der Waals surface area contributed by atoms with Crippen molar-refractivity contribution in [2.75, 3.05) is 5.32 Å². The van der Waals surface area contributed by atoms with Crippen molar-refractivity contribution in [1.29, 1.82) is 0 Å². The van der Waals surface area contributed by atoms with Gasteiger partial charge in [0, 0.05) is 28.1 Å². The minimum atomic E-state index is -0.154. The molecule has 0 saturated carbocycles. The SMILES string of the molecule is Cc1ccc(C(=O)Nc2ccc3nccnc3c2)cc1Br. The van der Waals surface area contributed by atoms with Crippen molar-refractivity contribution in [1.82, 2.24) is 9.97 Å². The number of anilines is 1. The molecule has 0 aliphatic heterocycles. The first-order valence-corrected chi connectivity index (χ1v) is 7.21. The Morgan fingerprint density at radius 3 is 2.57 bits per heavy atom. The lowest BCUT2D eigenvalue weighted by molar-refractivity contribution is 0.102. The van der Waals surface area contributed by atoms with Crippen LogP contribution in [0.4, 0.5) is 5.69 Å². The molecule has 3 rings (SSSR count). The number of nitrogens with one attached hydrogen (secondary N) is 1. The molecule has 1 N–H and O–H groups in total. The van der Waals surface area contributed by atoms with E-state index in [1.165, 1.54) is 0 Å². The van der Waals surface area contributed by atoms with Gasteiger partial charge in [0.2, 0.25) is 0 Å². The van der Waals surface area contributed by atoms with Gasteiger partial charge in [-0.15, -0.1) is 0 Å². The second-order valence-corrected chi connectivity index (χ2v) is 5.53. The molecule has 21 heavy (non-hydrogen) atoms. The highest BCUT2D eigenvalue weighted by molar-refractivity contribution is 9.10. The van der Waals surface area contributed by atoms with E-state index in [4.69, 9.17) is 0 Å². The van der Waals surface area contributed by atoms with Gasteiger partial charge in [0.1, 0.15) is 0 Å². The van der Waals surface area contributed by atoms with Gasteiger partial charge in [-0.25, -0.2) is 0 Å². The number of hydrogen-bond acceptors (Lipinski definition) is 3. The van der Waals surface area contributed by atoms with Crippen molar-refractivity contribution in [3.05, 3.63) is 64.4 Å². The monoisotopic (exact) mass is 341 g/mol. The summed E-state index contributed by atoms with van der Waals surface area (Å²) in [5, 5.41) is 2.87. The van der Waals surface area contributed by atoms with Crippen LogP contribution >= 0.6 is 15.9 Å². The highest BCUT2D eigenvalue weighted by Gasteiger charge is 2.08. The zero-order valence-corrected chi connectivity index (χ0v) is 12.9. The van der Waals surface area contributed by atoms with Crippen LogP contribution in [0, 0.1) is 6.92 Å². The minimum Gasteiger partial charge on any atom is -0.322 e. The molecular weight excluding hydrogens is 330 g/mol. The molecule has 0 fully saturated rings. The Hall–Kier alpha value is -2.27. The zero-order chi connectivity index (χ0) is 14.8. The minimum absolute atomic E-state index is 0.154. The smallest absolute Gasteiger partial charge is 0.255 e. The summed E-state index contributed by atoms with van der Waals surface area (Å²) in [6, 6.07) is 11.0. The number of benzene rings is 2. The molecule has 0 saturated heterocycles. The van der Waals surface area contributed by atoms with Gasteiger partial charge in [-0.05, 0) is 42.8 Å². The van der Waals surface area contributed by atoms with Gasteiger partial charge < -0.3 is 5.32 Å². The largest absolute Gasteiger partial charge is 0.322 e. The van der Waals surface area contributed by atoms with E-state index < -0.39 is 0 Å². The number of aromatic nitrogens is 2. The molecule has 0 atom stereocenters. The summed E-state index contributed by atoms with van der Waals surface area (Å²) < 4.78 is 0.916. The fourth-order valence-corrected chi connectivity index (χ4v) is 2.36. The first-order valence-electron chi connectivity index (χ1n) is 6.42. The standard InChI is InChI=1S/C16H12BrN3O/c1-10-2-3-11(8-13(10)17)16(21)20-12-4-5-14-15(9-12)19-7-6-18-14/h2-9H,1H3,(H,20,21). The number of fused-ring (bicyclic) bond motifs is 1. The predicted octanol–water partition coefficient (Wildman–Crippen LogP) is 3.95. The van der Waals surface area contributed by atoms with Crippen molar-refractivity contribution in [3.8, 4) is 0 Å². The Kier molecular flexibility index (Phi) is 3.66. The molecule has 0 bridgehead atoms. The van der Waals surface area contributed by atoms with Gasteiger partial charge in [-0.1, -0.05) is 22.0 Å². The van der Waals surface area contributed by atoms with E-state index in [1.807, 2.05) is 37.3 Å². The summed E-state index contributed by atoms with van der Waals surface area (Å²) in [5.41, 5.74) is 3.94. The van der Waals surface area contributed by atoms with Crippen LogP contribution in [0.2, 0.25) is 0 Å². The second-order valence-electron chi connectivity index (χ2n) is 4.68. The highest BCUT2D eigenvalue weighted by atomic mass is 79.9. The Labute approximate surface area is 130 Å². The van der Waals surface area contributed by atoms with Crippen molar-refractivity contribution < 1.29 is 4.79 Å². The van der Waals surface area contributed by atoms with Gasteiger partial charge >= 0.3 is 0 Å². The molecule has 0 aliphatic rings. The van der Waals surface area contributed by atoms with E-state index in [-0.39, 0.29) is 5.91 Å². The third-order valence-corrected chi connectivity index (χ3v) is 4.02. The normalized spacial score (nSPS) is 10.6. The number of hydrogen-bond donors (Lipinski definition) is 1. The van der Waals surface area contributed by atoms with E-state index in [0.717, 1.165) is 21.1 Å². The Bertz CT molecular complexity index is 833. The molecule has 104 valence electrons. The van der Waals surface area contributed by atoms with Crippen molar-refractivity contribution in [2.45, 2.75) is 6.92 Å². The first-order chi connectivity index (χ1) is 10.1. The molecule has 0 radical (unpaired) electrons. The van der Waals surface area contributed by atoms with Crippen molar-refractivity contribution in [2.24, 2.45) is 0 Å². The van der Waals surface area contributed by atoms with Gasteiger partial charge in [0.15, 0.2) is 0 Å². The van der Waals surface area contributed by atoms with E-state index >= 15 is 0 Å². The van der Waals surface area contributed by atoms with Crippen LogP contribution in [0.3, 0.4) is 0 Å². The lowest BCUT2D eigenvalue weighted by Gasteiger charge is -2.07. The van der Waals surface area contributed by atoms with E-state index in [0.29, 0.717) is 11.3 Å². The fraction of sp³-hybridized carbons (Fsp3) is 0.0625. The number of halogens is 1. The zero-order valence-electron chi connectivity index (χ0n) is 11.3. The lowest BCUT2D eigenvalue weighted by Crippen LogP contribution is -2.12. The van der Waals surface area contributed by atoms with Crippen LogP contribution < -0.4 is 5.32 Å². The molecular formula is C16H12BrN3O. The van der Waals surface area contributed by atoms with E-state index in [2.05, 4.69) is 31.2 Å². The van der Waals surface area contributed by atoms with Crippen molar-refractivity contribution in [3.63, 3.8) is 0 Å². The highest BCUT2D eigenvalue weighted by Crippen LogP contribution is 2.19. The molecule has 0 aliphatic carbocycles. The molecule has 0 spiro atoms. The molecule has 1 amide bonds. The average Bonchev–Trinajstić information content (AvgIpc) is 2.50. The van der Waals surface area contributed by atoms with Crippen LogP contribution in [-0.2, 0) is 0 Å². The average molecular weight is 342 g/mol. The third-order valence-electron chi connectivity index (χ3n) is 3.16. The fourth-order valence-electron chi connectivity index (χ4n) is 1.98. The summed E-state index contributed by atoms with van der Waals surface area (Å²) in [6.45, 7) is 1.98. The van der Waals surface area contributed by atoms with Crippen molar-refractivity contribution >= 4 is 38.6 Å². The molecule has 5 heteroatoms. The quantitative estimate of drug-likeness (QED) is 0.767. The number of amides is 1. The maximum absolute atomic E-state index is 12.2. The van der Waals surface area contributed by atoms with Gasteiger partial charge in [-0.2, -0.15) is 0 Å². The lowest BCUT2D eigenvalue weighted by atomic mass is 10.1. The number of carbonyl (C=O) groups is 1. The summed E-state index contributed by atoms with van der Waals surface area (Å²) in [4.78, 5) is 20.7. The Morgan fingerprint density at radius 1 is 1.05 bits per heavy atom. The maximum Gasteiger partial charge on any atom is 0.255 e. The van der Waals surface area contributed by atoms with Crippen LogP contribution in [0.5, 0.6) is 0 Å². The summed E-state index contributed by atoms with van der Waals surface area (Å²) in [7, 11) is 0. The summed E-state index contributed by atoms with van der Waals surface area (Å²) in [6.07, 6.45) is 3.27. The third kappa shape index (κ3) is 2.92. The van der Waals surface area contributed by atoms with E-state index in [9.17, 15) is 4.79 Å². The topological polar surface area (TPSA) is 54.9 Å². The Balaban J connectivity index is 1.87. The number of carbonyl (C=O) groups excluding carboxylic acids is 1. The van der Waals surface area contributed by atoms with Crippen LogP contribution in [0.1, 0.15) is 15.9 Å². The van der Waals surface area contributed by atoms with Gasteiger partial charge in [-0.3, -0.25) is 14.8 Å². The molecule has 0 unspecified atom stereocenters. The molecule has 1 aromatic heterocycles. The van der Waals surface area contributed by atoms with Gasteiger partial charge in [0.05, 0.1) is 11.0 Å². The number of aryl methyl sites for hydroxylation is 1.